The smallest absolute Gasteiger partial charge is 0.104 e. The topological polar surface area (TPSA) is 84.0 Å². The molecule has 0 aliphatic carbocycles. The molecule has 2 aromatic rings. The predicted octanol–water partition coefficient (Wildman–Crippen LogP) is 3.92. The molecule has 2 unspecified atom stereocenters. The fraction of sp³-hybridized carbons (Fsp3) is 0.600. The van der Waals surface area contributed by atoms with Crippen LogP contribution in [0.1, 0.15) is 47.9 Å². The maximum absolute atomic E-state index is 8.71. The van der Waals surface area contributed by atoms with Gasteiger partial charge in [-0.15, -0.1) is 0 Å². The van der Waals surface area contributed by atoms with E-state index in [9.17, 15) is 0 Å². The molecule has 2 N–H and O–H groups in total. The molecule has 2 atom stereocenters. The van der Waals surface area contributed by atoms with Gasteiger partial charge in [0.05, 0.1) is 26.4 Å². The van der Waals surface area contributed by atoms with E-state index in [0.29, 0.717) is 12.2 Å². The van der Waals surface area contributed by atoms with E-state index in [4.69, 9.17) is 29.2 Å². The number of rotatable bonds is 18. The monoisotopic (exact) mass is 500 g/mol. The molecule has 0 amide bonds. The van der Waals surface area contributed by atoms with E-state index in [1.807, 2.05) is 6.07 Å². The molecule has 36 heavy (non-hydrogen) atoms. The summed E-state index contributed by atoms with van der Waals surface area (Å²) in [5.74, 6) is 0. The van der Waals surface area contributed by atoms with Gasteiger partial charge in [0.2, 0.25) is 0 Å². The number of aryl methyl sites for hydroxylation is 4. The quantitative estimate of drug-likeness (QED) is 0.238. The van der Waals surface area contributed by atoms with Crippen molar-refractivity contribution in [1.29, 1.82) is 0 Å². The highest BCUT2D eigenvalue weighted by Crippen LogP contribution is 2.13. The summed E-state index contributed by atoms with van der Waals surface area (Å²) in [6, 6.07) is 17.2. The Morgan fingerprint density at radius 3 is 1.31 bits per heavy atom. The van der Waals surface area contributed by atoms with Crippen LogP contribution in [0.15, 0.2) is 48.5 Å². The van der Waals surface area contributed by atoms with Crippen LogP contribution in [0.3, 0.4) is 0 Å². The van der Waals surface area contributed by atoms with Gasteiger partial charge in [0.15, 0.2) is 0 Å². The summed E-state index contributed by atoms with van der Waals surface area (Å²) in [6.45, 7) is 5.40. The van der Waals surface area contributed by atoms with E-state index < -0.39 is 0 Å². The molecule has 6 heteroatoms. The Morgan fingerprint density at radius 1 is 0.611 bits per heavy atom. The summed E-state index contributed by atoms with van der Waals surface area (Å²) >= 11 is 0. The summed E-state index contributed by atoms with van der Waals surface area (Å²) < 4.78 is 21.4. The molecule has 2 aliphatic rings. The van der Waals surface area contributed by atoms with E-state index in [0.717, 1.165) is 91.0 Å². The van der Waals surface area contributed by atoms with Gasteiger partial charge in [0, 0.05) is 26.4 Å². The summed E-state index contributed by atoms with van der Waals surface area (Å²) in [7, 11) is 0. The molecule has 0 bridgehead atoms. The lowest BCUT2D eigenvalue weighted by Gasteiger charge is -2.06. The predicted molar refractivity (Wildman–Crippen MR) is 141 cm³/mol. The first-order valence-corrected chi connectivity index (χ1v) is 13.5. The van der Waals surface area contributed by atoms with Gasteiger partial charge >= 0.3 is 0 Å². The Morgan fingerprint density at radius 2 is 0.972 bits per heavy atom. The van der Waals surface area contributed by atoms with Gasteiger partial charge in [-0.05, 0) is 73.6 Å². The Labute approximate surface area is 216 Å². The van der Waals surface area contributed by atoms with Gasteiger partial charge in [0.25, 0.3) is 0 Å². The minimum Gasteiger partial charge on any atom is -0.396 e. The number of benzene rings is 2. The third-order valence-electron chi connectivity index (χ3n) is 6.15. The molecule has 6 nitrogen and oxygen atoms in total. The average Bonchev–Trinajstić information content (AvgIpc) is 3.83. The zero-order valence-electron chi connectivity index (χ0n) is 21.6. The SMILES string of the molecule is OCCCc1cccc(CCCO)c1.c1cc(CCCOCC2CO2)cc(CCCOCC2CO2)c1. The standard InChI is InChI=1S/C18H26O4.C12H18O2/c1-4-15(6-2-8-19-11-17-13-21-17)10-16(5-1)7-3-9-20-12-18-14-22-18;13-8-2-6-11-4-1-5-12(10-11)7-3-9-14/h1,4-5,10,17-18H,2-3,6-9,11-14H2;1,4-5,10,13-14H,2-3,6-9H2. The highest BCUT2D eigenvalue weighted by molar-refractivity contribution is 5.24. The van der Waals surface area contributed by atoms with Crippen LogP contribution < -0.4 is 0 Å². The van der Waals surface area contributed by atoms with Crippen molar-refractivity contribution in [2.24, 2.45) is 0 Å². The van der Waals surface area contributed by atoms with Crippen molar-refractivity contribution < 1.29 is 29.2 Å². The second-order valence-electron chi connectivity index (χ2n) is 9.56. The first-order chi connectivity index (χ1) is 17.8. The molecule has 2 fully saturated rings. The largest absolute Gasteiger partial charge is 0.396 e. The van der Waals surface area contributed by atoms with Gasteiger partial charge in [-0.2, -0.15) is 0 Å². The van der Waals surface area contributed by atoms with Gasteiger partial charge < -0.3 is 29.2 Å². The van der Waals surface area contributed by atoms with Gasteiger partial charge in [-0.25, -0.2) is 0 Å². The number of aliphatic hydroxyl groups excluding tert-OH is 2. The third kappa shape index (κ3) is 13.5. The van der Waals surface area contributed by atoms with Crippen LogP contribution >= 0.6 is 0 Å². The molecule has 2 saturated heterocycles. The minimum atomic E-state index is 0.251. The van der Waals surface area contributed by atoms with Crippen molar-refractivity contribution in [3.05, 3.63) is 70.8 Å². The van der Waals surface area contributed by atoms with Crippen LogP contribution in [0.4, 0.5) is 0 Å². The lowest BCUT2D eigenvalue weighted by atomic mass is 10.0. The minimum absolute atomic E-state index is 0.251. The molecule has 2 aromatic carbocycles. The lowest BCUT2D eigenvalue weighted by Crippen LogP contribution is -2.04. The van der Waals surface area contributed by atoms with Crippen molar-refractivity contribution in [2.75, 3.05) is 52.9 Å². The van der Waals surface area contributed by atoms with E-state index in [2.05, 4.69) is 42.5 Å². The zero-order chi connectivity index (χ0) is 25.3. The van der Waals surface area contributed by atoms with Crippen LogP contribution in [0.25, 0.3) is 0 Å². The number of hydrogen-bond donors (Lipinski definition) is 2. The number of ether oxygens (including phenoxy) is 4. The molecule has 0 saturated carbocycles. The first kappa shape index (κ1) is 28.8. The number of hydrogen-bond acceptors (Lipinski definition) is 6. The van der Waals surface area contributed by atoms with Crippen molar-refractivity contribution in [2.45, 2.75) is 63.6 Å². The van der Waals surface area contributed by atoms with E-state index in [-0.39, 0.29) is 13.2 Å². The second-order valence-corrected chi connectivity index (χ2v) is 9.56. The molecule has 2 heterocycles. The maximum atomic E-state index is 8.71. The highest BCUT2D eigenvalue weighted by Gasteiger charge is 2.22. The van der Waals surface area contributed by atoms with Gasteiger partial charge in [-0.1, -0.05) is 48.5 Å². The van der Waals surface area contributed by atoms with Crippen LogP contribution in [0.2, 0.25) is 0 Å². The van der Waals surface area contributed by atoms with E-state index in [1.165, 1.54) is 22.3 Å². The van der Waals surface area contributed by atoms with Gasteiger partial charge in [0.1, 0.15) is 12.2 Å². The van der Waals surface area contributed by atoms with Gasteiger partial charge in [-0.3, -0.25) is 0 Å². The van der Waals surface area contributed by atoms with Crippen LogP contribution in [-0.4, -0.2) is 75.3 Å². The Hall–Kier alpha value is -1.80. The summed E-state index contributed by atoms with van der Waals surface area (Å²) in [4.78, 5) is 0. The Bertz CT molecular complexity index is 773. The molecule has 0 aromatic heterocycles. The van der Waals surface area contributed by atoms with E-state index >= 15 is 0 Å². The first-order valence-electron chi connectivity index (χ1n) is 13.5. The summed E-state index contributed by atoms with van der Waals surface area (Å²) in [6.07, 6.45) is 8.55. The molecule has 4 rings (SSSR count). The zero-order valence-corrected chi connectivity index (χ0v) is 21.6. The van der Waals surface area contributed by atoms with Crippen molar-refractivity contribution >= 4 is 0 Å². The van der Waals surface area contributed by atoms with Crippen LogP contribution in [0, 0.1) is 0 Å². The molecule has 200 valence electrons. The molecular weight excluding hydrogens is 456 g/mol. The Kier molecular flexibility index (Phi) is 14.1. The molecule has 0 spiro atoms. The summed E-state index contributed by atoms with van der Waals surface area (Å²) in [5.41, 5.74) is 5.34. The van der Waals surface area contributed by atoms with E-state index in [1.54, 1.807) is 0 Å². The lowest BCUT2D eigenvalue weighted by molar-refractivity contribution is 0.114. The summed E-state index contributed by atoms with van der Waals surface area (Å²) in [5, 5.41) is 17.4. The number of aliphatic hydroxyl groups is 2. The normalized spacial score (nSPS) is 17.9. The fourth-order valence-corrected chi connectivity index (χ4v) is 3.96. The highest BCUT2D eigenvalue weighted by atomic mass is 16.6. The van der Waals surface area contributed by atoms with Crippen molar-refractivity contribution in [3.8, 4) is 0 Å². The average molecular weight is 501 g/mol. The third-order valence-corrected chi connectivity index (χ3v) is 6.15. The maximum Gasteiger partial charge on any atom is 0.104 e. The van der Waals surface area contributed by atoms with Crippen molar-refractivity contribution in [3.63, 3.8) is 0 Å². The molecular formula is C30H44O6. The Balaban J connectivity index is 0.000000223. The second kappa shape index (κ2) is 17.6. The number of epoxide rings is 2. The van der Waals surface area contributed by atoms with Crippen molar-refractivity contribution in [1.82, 2.24) is 0 Å². The van der Waals surface area contributed by atoms with Crippen LogP contribution in [0.5, 0.6) is 0 Å². The molecule has 0 radical (unpaired) electrons. The van der Waals surface area contributed by atoms with Crippen LogP contribution in [-0.2, 0) is 44.6 Å². The molecule has 2 aliphatic heterocycles. The fourth-order valence-electron chi connectivity index (χ4n) is 3.96.